The molecular weight excluding hydrogens is 378 g/mol. The van der Waals surface area contributed by atoms with E-state index in [2.05, 4.69) is 6.58 Å². The minimum atomic E-state index is -1.01. The fourth-order valence-corrected chi connectivity index (χ4v) is 3.54. The number of rotatable bonds is 8. The second-order valence-electron chi connectivity index (χ2n) is 7.01. The third-order valence-electron chi connectivity index (χ3n) is 4.92. The number of nitro groups is 1. The van der Waals surface area contributed by atoms with Crippen molar-refractivity contribution in [3.63, 3.8) is 0 Å². The lowest BCUT2D eigenvalue weighted by molar-refractivity contribution is -0.385. The van der Waals surface area contributed by atoms with Gasteiger partial charge in [0.15, 0.2) is 5.75 Å². The highest BCUT2D eigenvalue weighted by Gasteiger charge is 2.32. The molecule has 1 N–H and O–H groups in total. The van der Waals surface area contributed by atoms with Gasteiger partial charge in [-0.3, -0.25) is 14.9 Å². The van der Waals surface area contributed by atoms with E-state index < -0.39 is 11.0 Å². The van der Waals surface area contributed by atoms with Crippen LogP contribution in [0.2, 0.25) is 0 Å². The first-order valence-corrected chi connectivity index (χ1v) is 9.61. The maximum atomic E-state index is 13.3. The van der Waals surface area contributed by atoms with Crippen molar-refractivity contribution in [2.24, 2.45) is 0 Å². The molecule has 0 radical (unpaired) electrons. The quantitative estimate of drug-likeness (QED) is 0.402. The number of carboxylic acid groups (broad SMARTS) is 1. The lowest BCUT2D eigenvalue weighted by Gasteiger charge is -2.38. The number of likely N-dealkylation sites (tertiary alicyclic amines) is 1. The molecule has 9 nitrogen and oxygen atoms in total. The first-order valence-electron chi connectivity index (χ1n) is 9.61. The number of carbonyl (C=O) groups excluding carboxylic acids is 1. The molecule has 9 heteroatoms. The first-order chi connectivity index (χ1) is 13.8. The number of nitrogens with zero attached hydrogens (tertiary/aromatic N) is 3. The van der Waals surface area contributed by atoms with Gasteiger partial charge in [0.2, 0.25) is 0 Å². The number of aryl methyl sites for hydroxylation is 1. The SMILES string of the molecule is C=CCOc1cc(C)c(C(=O)N(CCC)[C@@H]2CCCN(C(=O)O)C2)cc1[N+](=O)[O-]. The Labute approximate surface area is 169 Å². The van der Waals surface area contributed by atoms with Crippen LogP contribution in [0, 0.1) is 17.0 Å². The van der Waals surface area contributed by atoms with E-state index in [9.17, 15) is 24.8 Å². The van der Waals surface area contributed by atoms with Crippen molar-refractivity contribution in [2.45, 2.75) is 39.2 Å². The third-order valence-corrected chi connectivity index (χ3v) is 4.92. The molecule has 0 aromatic heterocycles. The van der Waals surface area contributed by atoms with Crippen molar-refractivity contribution >= 4 is 17.7 Å². The minimum Gasteiger partial charge on any atom is -0.483 e. The molecule has 1 aliphatic heterocycles. The lowest BCUT2D eigenvalue weighted by atomic mass is 10.0. The zero-order chi connectivity index (χ0) is 21.6. The maximum Gasteiger partial charge on any atom is 0.407 e. The molecule has 2 rings (SSSR count). The van der Waals surface area contributed by atoms with Crippen molar-refractivity contribution in [1.29, 1.82) is 0 Å². The van der Waals surface area contributed by atoms with Crippen LogP contribution in [0.1, 0.15) is 42.1 Å². The smallest absolute Gasteiger partial charge is 0.407 e. The van der Waals surface area contributed by atoms with Crippen molar-refractivity contribution in [3.8, 4) is 5.75 Å². The monoisotopic (exact) mass is 405 g/mol. The summed E-state index contributed by atoms with van der Waals surface area (Å²) in [5, 5.41) is 20.8. The predicted octanol–water partition coefficient (Wildman–Crippen LogP) is 3.46. The predicted molar refractivity (Wildman–Crippen MR) is 107 cm³/mol. The molecule has 158 valence electrons. The molecular formula is C20H27N3O6. The standard InChI is InChI=1S/C20H27N3O6/c1-4-8-22(15-7-6-9-21(13-15)20(25)26)19(24)16-12-17(23(27)28)18(11-14(16)3)29-10-5-2/h5,11-12,15H,2,4,6-10,13H2,1,3H3,(H,25,26)/t15-/m1/s1. The number of hydrogen-bond acceptors (Lipinski definition) is 5. The zero-order valence-electron chi connectivity index (χ0n) is 16.8. The van der Waals surface area contributed by atoms with Gasteiger partial charge in [0.05, 0.1) is 4.92 Å². The van der Waals surface area contributed by atoms with Crippen molar-refractivity contribution in [3.05, 3.63) is 46.0 Å². The Morgan fingerprint density at radius 1 is 1.48 bits per heavy atom. The van der Waals surface area contributed by atoms with Gasteiger partial charge in [-0.05, 0) is 37.8 Å². The van der Waals surface area contributed by atoms with Crippen LogP contribution in [-0.4, -0.2) is 64.1 Å². The molecule has 1 heterocycles. The Morgan fingerprint density at radius 3 is 2.79 bits per heavy atom. The summed E-state index contributed by atoms with van der Waals surface area (Å²) >= 11 is 0. The van der Waals surface area contributed by atoms with Crippen LogP contribution in [-0.2, 0) is 0 Å². The van der Waals surface area contributed by atoms with Crippen LogP contribution >= 0.6 is 0 Å². The van der Waals surface area contributed by atoms with E-state index in [0.29, 0.717) is 37.9 Å². The molecule has 1 fully saturated rings. The van der Waals surface area contributed by atoms with Gasteiger partial charge < -0.3 is 19.6 Å². The fourth-order valence-electron chi connectivity index (χ4n) is 3.54. The van der Waals surface area contributed by atoms with Gasteiger partial charge in [0.25, 0.3) is 5.91 Å². The second-order valence-corrected chi connectivity index (χ2v) is 7.01. The van der Waals surface area contributed by atoms with Gasteiger partial charge in [0.1, 0.15) is 6.61 Å². The summed E-state index contributed by atoms with van der Waals surface area (Å²) in [6, 6.07) is 2.47. The molecule has 1 saturated heterocycles. The summed E-state index contributed by atoms with van der Waals surface area (Å²) in [7, 11) is 0. The van der Waals surface area contributed by atoms with Gasteiger partial charge in [-0.25, -0.2) is 4.79 Å². The highest BCUT2D eigenvalue weighted by atomic mass is 16.6. The average molecular weight is 405 g/mol. The summed E-state index contributed by atoms with van der Waals surface area (Å²) in [5.41, 5.74) is 0.503. The van der Waals surface area contributed by atoms with Gasteiger partial charge >= 0.3 is 11.8 Å². The van der Waals surface area contributed by atoms with E-state index in [1.165, 1.54) is 23.1 Å². The Morgan fingerprint density at radius 2 is 2.21 bits per heavy atom. The minimum absolute atomic E-state index is 0.0840. The molecule has 2 amide bonds. The molecule has 0 unspecified atom stereocenters. The van der Waals surface area contributed by atoms with E-state index in [1.54, 1.807) is 11.8 Å². The zero-order valence-corrected chi connectivity index (χ0v) is 16.8. The van der Waals surface area contributed by atoms with E-state index >= 15 is 0 Å². The molecule has 1 aromatic carbocycles. The first kappa shape index (κ1) is 22.2. The fraction of sp³-hybridized carbons (Fsp3) is 0.500. The summed E-state index contributed by atoms with van der Waals surface area (Å²) in [6.07, 6.45) is 2.53. The second kappa shape index (κ2) is 9.90. The molecule has 0 aliphatic carbocycles. The van der Waals surface area contributed by atoms with Crippen molar-refractivity contribution in [2.75, 3.05) is 26.2 Å². The molecule has 1 aliphatic rings. The molecule has 1 aromatic rings. The number of ether oxygens (including phenoxy) is 1. The van der Waals surface area contributed by atoms with Crippen LogP contribution in [0.4, 0.5) is 10.5 Å². The highest BCUT2D eigenvalue weighted by Crippen LogP contribution is 2.32. The number of benzene rings is 1. The molecule has 29 heavy (non-hydrogen) atoms. The lowest BCUT2D eigenvalue weighted by Crippen LogP contribution is -2.51. The van der Waals surface area contributed by atoms with Gasteiger partial charge in [-0.1, -0.05) is 19.6 Å². The number of hydrogen-bond donors (Lipinski definition) is 1. The van der Waals surface area contributed by atoms with Crippen molar-refractivity contribution < 1.29 is 24.4 Å². The average Bonchev–Trinajstić information content (AvgIpc) is 2.69. The summed E-state index contributed by atoms with van der Waals surface area (Å²) in [6.45, 7) is 8.40. The van der Waals surface area contributed by atoms with Gasteiger partial charge in [0, 0.05) is 37.3 Å². The number of nitro benzene ring substituents is 1. The van der Waals surface area contributed by atoms with E-state index in [4.69, 9.17) is 4.74 Å². The molecule has 0 saturated carbocycles. The largest absolute Gasteiger partial charge is 0.483 e. The summed E-state index contributed by atoms with van der Waals surface area (Å²) in [5.74, 6) is -0.249. The van der Waals surface area contributed by atoms with Crippen LogP contribution in [0.15, 0.2) is 24.8 Å². The Bertz CT molecular complexity index is 795. The normalized spacial score (nSPS) is 16.2. The van der Waals surface area contributed by atoms with Crippen LogP contribution in [0.25, 0.3) is 0 Å². The van der Waals surface area contributed by atoms with Gasteiger partial charge in [-0.15, -0.1) is 0 Å². The Balaban J connectivity index is 2.38. The van der Waals surface area contributed by atoms with Gasteiger partial charge in [-0.2, -0.15) is 0 Å². The molecule has 0 bridgehead atoms. The van der Waals surface area contributed by atoms with Crippen LogP contribution < -0.4 is 4.74 Å². The highest BCUT2D eigenvalue weighted by molar-refractivity contribution is 5.97. The van der Waals surface area contributed by atoms with Crippen LogP contribution in [0.3, 0.4) is 0 Å². The Hall–Kier alpha value is -3.10. The van der Waals surface area contributed by atoms with Crippen molar-refractivity contribution in [1.82, 2.24) is 9.80 Å². The molecule has 0 spiro atoms. The topological polar surface area (TPSA) is 113 Å². The molecule has 1 atom stereocenters. The number of piperidine rings is 1. The summed E-state index contributed by atoms with van der Waals surface area (Å²) in [4.78, 5) is 38.5. The number of carbonyl (C=O) groups is 2. The maximum absolute atomic E-state index is 13.3. The Kier molecular flexibility index (Phi) is 7.58. The van der Waals surface area contributed by atoms with Crippen LogP contribution in [0.5, 0.6) is 5.75 Å². The van der Waals surface area contributed by atoms with E-state index in [0.717, 1.165) is 0 Å². The third kappa shape index (κ3) is 5.24. The summed E-state index contributed by atoms with van der Waals surface area (Å²) < 4.78 is 5.37. The van der Waals surface area contributed by atoms with E-state index in [1.807, 2.05) is 6.92 Å². The number of amides is 2. The van der Waals surface area contributed by atoms with E-state index in [-0.39, 0.29) is 42.1 Å².